The van der Waals surface area contributed by atoms with Crippen LogP contribution in [0.25, 0.3) is 5.78 Å². The summed E-state index contributed by atoms with van der Waals surface area (Å²) in [5.41, 5.74) is 0.125. The van der Waals surface area contributed by atoms with Crippen molar-refractivity contribution >= 4 is 17.7 Å². The number of carboxylic acid groups (broad SMARTS) is 1. The van der Waals surface area contributed by atoms with Crippen molar-refractivity contribution in [3.05, 3.63) is 28.4 Å². The molecule has 1 amide bonds. The van der Waals surface area contributed by atoms with Crippen LogP contribution in [-0.4, -0.2) is 72.0 Å². The third-order valence-electron chi connectivity index (χ3n) is 5.85. The van der Waals surface area contributed by atoms with E-state index in [0.717, 1.165) is 12.8 Å². The Labute approximate surface area is 154 Å². The molecule has 0 radical (unpaired) electrons. The third-order valence-corrected chi connectivity index (χ3v) is 5.85. The summed E-state index contributed by atoms with van der Waals surface area (Å²) in [6.07, 6.45) is 3.53. The maximum absolute atomic E-state index is 12.1. The number of hydrogen-bond donors (Lipinski definition) is 2. The van der Waals surface area contributed by atoms with E-state index in [1.54, 1.807) is 6.92 Å². The number of aliphatic carboxylic acids is 1. The van der Waals surface area contributed by atoms with E-state index in [9.17, 15) is 19.5 Å². The first-order chi connectivity index (χ1) is 12.9. The van der Waals surface area contributed by atoms with Gasteiger partial charge in [-0.25, -0.2) is 9.97 Å². The smallest absolute Gasteiger partial charge is 0.320 e. The molecule has 1 atom stereocenters. The molecule has 4 heterocycles. The number of nitrogens with zero attached hydrogens (tertiary/aromatic N) is 5. The van der Waals surface area contributed by atoms with Crippen LogP contribution in [0, 0.1) is 5.41 Å². The van der Waals surface area contributed by atoms with Gasteiger partial charge in [0.05, 0.1) is 5.69 Å². The Morgan fingerprint density at radius 3 is 2.78 bits per heavy atom. The van der Waals surface area contributed by atoms with Crippen LogP contribution < -0.4 is 5.56 Å². The molecule has 2 saturated heterocycles. The Bertz CT molecular complexity index is 942. The molecule has 0 aromatic carbocycles. The minimum Gasteiger partial charge on any atom is -0.480 e. The first kappa shape index (κ1) is 17.7. The van der Waals surface area contributed by atoms with Crippen LogP contribution in [0.5, 0.6) is 0 Å². The number of amides is 1. The highest BCUT2D eigenvalue weighted by Crippen LogP contribution is 2.43. The van der Waals surface area contributed by atoms with Crippen molar-refractivity contribution in [3.63, 3.8) is 0 Å². The van der Waals surface area contributed by atoms with Gasteiger partial charge in [-0.1, -0.05) is 0 Å². The van der Waals surface area contributed by atoms with Crippen LogP contribution in [0.3, 0.4) is 0 Å². The maximum atomic E-state index is 12.1. The first-order valence-electron chi connectivity index (χ1n) is 9.01. The summed E-state index contributed by atoms with van der Waals surface area (Å²) in [6.45, 7) is 3.79. The number of fused-ring (bicyclic) bond motifs is 1. The molecule has 10 heteroatoms. The lowest BCUT2D eigenvalue weighted by molar-refractivity contribution is -0.142. The summed E-state index contributed by atoms with van der Waals surface area (Å²) in [7, 11) is 0. The lowest BCUT2D eigenvalue weighted by Gasteiger charge is -2.39. The molecule has 0 saturated carbocycles. The Kier molecular flexibility index (Phi) is 4.22. The molecule has 2 N–H and O–H groups in total. The number of rotatable bonds is 3. The van der Waals surface area contributed by atoms with Crippen molar-refractivity contribution in [1.82, 2.24) is 29.4 Å². The molecule has 1 spiro atoms. The topological polar surface area (TPSA) is 124 Å². The van der Waals surface area contributed by atoms with Crippen molar-refractivity contribution in [3.8, 4) is 0 Å². The van der Waals surface area contributed by atoms with E-state index in [-0.39, 0.29) is 29.2 Å². The summed E-state index contributed by atoms with van der Waals surface area (Å²) < 4.78 is 1.24. The van der Waals surface area contributed by atoms with Crippen molar-refractivity contribution in [1.29, 1.82) is 0 Å². The fourth-order valence-electron chi connectivity index (χ4n) is 4.37. The lowest BCUT2D eigenvalue weighted by atomic mass is 9.76. The van der Waals surface area contributed by atoms with Crippen LogP contribution in [0.15, 0.2) is 17.2 Å². The molecule has 144 valence electrons. The van der Waals surface area contributed by atoms with Crippen LogP contribution in [0.2, 0.25) is 0 Å². The third kappa shape index (κ3) is 3.20. The zero-order valence-electron chi connectivity index (χ0n) is 15.1. The number of hydrogen-bond acceptors (Lipinski definition) is 6. The van der Waals surface area contributed by atoms with E-state index >= 15 is 0 Å². The van der Waals surface area contributed by atoms with Crippen molar-refractivity contribution < 1.29 is 14.7 Å². The standard InChI is InChI=1S/C17H22N6O4/c1-11(24)21-4-2-17(3-5-21)7-13(15(26)27)22(9-17)8-12-6-14(25)23-16(20-12)18-10-19-23/h6,10,13H,2-5,7-9H2,1H3,(H,26,27)(H,18,19,20). The van der Waals surface area contributed by atoms with Gasteiger partial charge in [0.2, 0.25) is 5.91 Å². The average Bonchev–Trinajstić information content (AvgIpc) is 3.21. The Balaban J connectivity index is 1.55. The highest BCUT2D eigenvalue weighted by molar-refractivity contribution is 5.74. The number of nitrogens with one attached hydrogen (secondary N) is 1. The van der Waals surface area contributed by atoms with Gasteiger partial charge in [0, 0.05) is 39.2 Å². The van der Waals surface area contributed by atoms with Crippen molar-refractivity contribution in [2.24, 2.45) is 5.41 Å². The maximum Gasteiger partial charge on any atom is 0.320 e. The molecule has 0 bridgehead atoms. The largest absolute Gasteiger partial charge is 0.480 e. The molecule has 1 unspecified atom stereocenters. The minimum absolute atomic E-state index is 0.0615. The zero-order valence-corrected chi connectivity index (χ0v) is 15.1. The second kappa shape index (κ2) is 6.45. The highest BCUT2D eigenvalue weighted by Gasteiger charge is 2.48. The highest BCUT2D eigenvalue weighted by atomic mass is 16.4. The molecule has 27 heavy (non-hydrogen) atoms. The van der Waals surface area contributed by atoms with Crippen LogP contribution in [0.1, 0.15) is 31.9 Å². The second-order valence-electron chi connectivity index (χ2n) is 7.58. The Hall–Kier alpha value is -2.75. The zero-order chi connectivity index (χ0) is 19.2. The monoisotopic (exact) mass is 374 g/mol. The van der Waals surface area contributed by atoms with E-state index in [0.29, 0.717) is 31.7 Å². The van der Waals surface area contributed by atoms with Gasteiger partial charge in [-0.15, -0.1) is 0 Å². The average molecular weight is 374 g/mol. The molecule has 10 nitrogen and oxygen atoms in total. The molecule has 0 aliphatic carbocycles. The van der Waals surface area contributed by atoms with Crippen molar-refractivity contribution in [2.75, 3.05) is 19.6 Å². The van der Waals surface area contributed by atoms with Gasteiger partial charge >= 0.3 is 5.97 Å². The summed E-state index contributed by atoms with van der Waals surface area (Å²) in [6, 6.07) is 0.793. The molecule has 2 fully saturated rings. The van der Waals surface area contributed by atoms with E-state index in [1.807, 2.05) is 9.80 Å². The fourth-order valence-corrected chi connectivity index (χ4v) is 4.37. The van der Waals surface area contributed by atoms with Gasteiger partial charge in [-0.2, -0.15) is 4.52 Å². The summed E-state index contributed by atoms with van der Waals surface area (Å²) in [4.78, 5) is 47.6. The fraction of sp³-hybridized carbons (Fsp3) is 0.588. The molecule has 2 aliphatic heterocycles. The second-order valence-corrected chi connectivity index (χ2v) is 7.58. The number of aromatic nitrogens is 4. The molecule has 2 aliphatic rings. The van der Waals surface area contributed by atoms with Gasteiger partial charge in [0.25, 0.3) is 11.3 Å². The quantitative estimate of drug-likeness (QED) is 0.756. The van der Waals surface area contributed by atoms with Gasteiger partial charge < -0.3 is 10.0 Å². The van der Waals surface area contributed by atoms with Crippen molar-refractivity contribution in [2.45, 2.75) is 38.8 Å². The number of likely N-dealkylation sites (tertiary alicyclic amines) is 2. The molecule has 2 aromatic heterocycles. The van der Waals surface area contributed by atoms with Gasteiger partial charge in [0.1, 0.15) is 12.4 Å². The number of H-pyrrole nitrogens is 1. The van der Waals surface area contributed by atoms with E-state index in [4.69, 9.17) is 0 Å². The molecular weight excluding hydrogens is 352 g/mol. The summed E-state index contributed by atoms with van der Waals surface area (Å²) in [5.74, 6) is -0.530. The Morgan fingerprint density at radius 1 is 1.37 bits per heavy atom. The van der Waals surface area contributed by atoms with Gasteiger partial charge in [-0.05, 0) is 24.7 Å². The number of carbonyl (C=O) groups is 2. The predicted octanol–water partition coefficient (Wildman–Crippen LogP) is -0.295. The van der Waals surface area contributed by atoms with Gasteiger partial charge in [-0.3, -0.25) is 24.4 Å². The number of piperidine rings is 1. The predicted molar refractivity (Wildman–Crippen MR) is 94.0 cm³/mol. The van der Waals surface area contributed by atoms with E-state index < -0.39 is 12.0 Å². The van der Waals surface area contributed by atoms with Gasteiger partial charge in [0.15, 0.2) is 0 Å². The lowest BCUT2D eigenvalue weighted by Crippen LogP contribution is -2.43. The Morgan fingerprint density at radius 2 is 2.11 bits per heavy atom. The minimum atomic E-state index is -0.863. The van der Waals surface area contributed by atoms with E-state index in [2.05, 4.69) is 15.1 Å². The van der Waals surface area contributed by atoms with E-state index in [1.165, 1.54) is 16.9 Å². The number of carboxylic acids is 1. The molecule has 4 rings (SSSR count). The van der Waals surface area contributed by atoms with Crippen LogP contribution in [0.4, 0.5) is 0 Å². The van der Waals surface area contributed by atoms with Crippen LogP contribution in [-0.2, 0) is 16.1 Å². The molecular formula is C17H22N6O4. The number of carbonyl (C=O) groups excluding carboxylic acids is 1. The molecule has 2 aromatic rings. The summed E-state index contributed by atoms with van der Waals surface area (Å²) in [5, 5.41) is 12.4. The van der Waals surface area contributed by atoms with Crippen LogP contribution >= 0.6 is 0 Å². The normalized spacial score (nSPS) is 22.6. The first-order valence-corrected chi connectivity index (χ1v) is 9.01. The SMILES string of the molecule is CC(=O)N1CCC2(CC1)CC(C(=O)O)N(Cc1cc(=O)n3[nH]cnc3n1)C2. The summed E-state index contributed by atoms with van der Waals surface area (Å²) >= 11 is 0. The number of aromatic amines is 1.